The smallest absolute Gasteiger partial charge is 0.410 e. The molecule has 5 aliphatic rings. The van der Waals surface area contributed by atoms with Gasteiger partial charge in [-0.05, 0) is 63.1 Å². The zero-order chi connectivity index (χ0) is 29.2. The van der Waals surface area contributed by atoms with E-state index in [9.17, 15) is 13.2 Å². The molecule has 7 rings (SSSR count). The number of sulfone groups is 1. The first-order chi connectivity index (χ1) is 20.0. The third-order valence-electron chi connectivity index (χ3n) is 9.05. The van der Waals surface area contributed by atoms with Crippen molar-refractivity contribution >= 4 is 33.3 Å². The van der Waals surface area contributed by atoms with Crippen LogP contribution in [0.4, 0.5) is 22.1 Å². The number of hydrogen-bond donors (Lipinski definition) is 1. The minimum atomic E-state index is -3.00. The molecule has 42 heavy (non-hydrogen) atoms. The van der Waals surface area contributed by atoms with Gasteiger partial charge in [0.2, 0.25) is 0 Å². The lowest BCUT2D eigenvalue weighted by molar-refractivity contribution is 0.0260. The van der Waals surface area contributed by atoms with Gasteiger partial charge in [0.1, 0.15) is 35.9 Å². The Kier molecular flexibility index (Phi) is 6.76. The molecule has 1 atom stereocenters. The Morgan fingerprint density at radius 2 is 1.79 bits per heavy atom. The quantitative estimate of drug-likeness (QED) is 0.561. The number of rotatable bonds is 4. The fourth-order valence-corrected chi connectivity index (χ4v) is 7.73. The highest BCUT2D eigenvalue weighted by Crippen LogP contribution is 2.50. The Bertz CT molecular complexity index is 1480. The van der Waals surface area contributed by atoms with Crippen molar-refractivity contribution in [3.63, 3.8) is 0 Å². The number of carbonyl (C=O) groups excluding carboxylic acids is 1. The summed E-state index contributed by atoms with van der Waals surface area (Å²) in [4.78, 5) is 28.0. The normalized spacial score (nSPS) is 24.1. The molecule has 11 nitrogen and oxygen atoms in total. The number of nitrogens with zero attached hydrogens (tertiary/aromatic N) is 5. The fraction of sp³-hybridized carbons (Fsp3) is 0.633. The van der Waals surface area contributed by atoms with Gasteiger partial charge in [-0.3, -0.25) is 4.90 Å². The summed E-state index contributed by atoms with van der Waals surface area (Å²) in [5.41, 5.74) is 3.89. The molecule has 0 radical (unpaired) electrons. The highest BCUT2D eigenvalue weighted by atomic mass is 32.2. The molecule has 4 aliphatic heterocycles. The van der Waals surface area contributed by atoms with Gasteiger partial charge in [-0.25, -0.2) is 23.2 Å². The van der Waals surface area contributed by atoms with Crippen LogP contribution in [0, 0.1) is 0 Å². The molecular formula is C30H40N6O5S. The van der Waals surface area contributed by atoms with Crippen LogP contribution in [0.15, 0.2) is 18.5 Å². The Morgan fingerprint density at radius 1 is 1.02 bits per heavy atom. The number of carbonyl (C=O) groups is 1. The third kappa shape index (κ3) is 5.50. The third-order valence-corrected chi connectivity index (χ3v) is 10.7. The van der Waals surface area contributed by atoms with E-state index >= 15 is 0 Å². The Hall–Kier alpha value is -3.12. The maximum absolute atomic E-state index is 12.5. The van der Waals surface area contributed by atoms with Crippen LogP contribution in [0.25, 0.3) is 0 Å². The van der Waals surface area contributed by atoms with E-state index in [4.69, 9.17) is 9.47 Å². The van der Waals surface area contributed by atoms with Crippen LogP contribution in [0.5, 0.6) is 5.75 Å². The van der Waals surface area contributed by atoms with Crippen molar-refractivity contribution in [1.82, 2.24) is 19.8 Å². The predicted octanol–water partition coefficient (Wildman–Crippen LogP) is 3.63. The van der Waals surface area contributed by atoms with Crippen molar-refractivity contribution in [3.8, 4) is 5.75 Å². The molecular weight excluding hydrogens is 556 g/mol. The van der Waals surface area contributed by atoms with Crippen LogP contribution in [0.1, 0.15) is 68.6 Å². The first-order valence-corrected chi connectivity index (χ1v) is 16.9. The topological polar surface area (TPSA) is 117 Å². The molecule has 1 amide bonds. The summed E-state index contributed by atoms with van der Waals surface area (Å²) in [6.07, 6.45) is 4.64. The van der Waals surface area contributed by atoms with Gasteiger partial charge < -0.3 is 24.6 Å². The van der Waals surface area contributed by atoms with E-state index in [0.717, 1.165) is 61.2 Å². The first-order valence-electron chi connectivity index (χ1n) is 15.1. The van der Waals surface area contributed by atoms with Crippen LogP contribution in [-0.2, 0) is 21.2 Å². The molecule has 0 spiro atoms. The summed E-state index contributed by atoms with van der Waals surface area (Å²) in [6, 6.07) is 4.93. The summed E-state index contributed by atoms with van der Waals surface area (Å²) in [5, 5.41) is 3.58. The SMILES string of the molecule is CC(C)(C)OC(=O)N1CC[C@H](N2CC(c3cc4c(c(C5CC5)c3)OCc3c(ncnc3N3CCS(=O)(=O)CC3)N4)C2)C1. The average Bonchev–Trinajstić information content (AvgIpc) is 3.66. The van der Waals surface area contributed by atoms with E-state index in [1.807, 2.05) is 30.6 Å². The standard InChI is InChI=1S/C30H40N6O5S/c1-30(2,3)41-29(37)35-7-6-22(16-35)36-14-21(15-36)20-12-23(19-4-5-19)26-25(13-20)33-27-24(17-40-26)28(32-18-31-27)34-8-10-42(38,39)11-9-34/h12-13,18-19,21-22H,4-11,14-17H2,1-3H3,(H,31,32,33)/t22-/m0/s1. The molecule has 3 saturated heterocycles. The zero-order valence-corrected chi connectivity index (χ0v) is 25.5. The van der Waals surface area contributed by atoms with Crippen molar-refractivity contribution in [1.29, 1.82) is 0 Å². The van der Waals surface area contributed by atoms with Gasteiger partial charge in [0, 0.05) is 51.2 Å². The van der Waals surface area contributed by atoms with Crippen LogP contribution in [0.3, 0.4) is 0 Å². The molecule has 1 saturated carbocycles. The number of amides is 1. The molecule has 5 heterocycles. The predicted molar refractivity (Wildman–Crippen MR) is 159 cm³/mol. The van der Waals surface area contributed by atoms with Gasteiger partial charge in [0.05, 0.1) is 22.8 Å². The van der Waals surface area contributed by atoms with Crippen molar-refractivity contribution in [3.05, 3.63) is 35.2 Å². The monoisotopic (exact) mass is 596 g/mol. The molecule has 1 N–H and O–H groups in total. The minimum absolute atomic E-state index is 0.133. The number of aromatic nitrogens is 2. The van der Waals surface area contributed by atoms with Crippen LogP contribution < -0.4 is 15.0 Å². The molecule has 1 aliphatic carbocycles. The molecule has 2 aromatic rings. The summed E-state index contributed by atoms with van der Waals surface area (Å²) in [5.74, 6) is 3.55. The highest BCUT2D eigenvalue weighted by molar-refractivity contribution is 7.91. The van der Waals surface area contributed by atoms with Crippen molar-refractivity contribution in [2.75, 3.05) is 61.0 Å². The minimum Gasteiger partial charge on any atom is -0.486 e. The largest absolute Gasteiger partial charge is 0.486 e. The van der Waals surface area contributed by atoms with Crippen molar-refractivity contribution in [2.45, 2.75) is 70.1 Å². The fourth-order valence-electron chi connectivity index (χ4n) is 6.53. The van der Waals surface area contributed by atoms with Crippen LogP contribution >= 0.6 is 0 Å². The lowest BCUT2D eigenvalue weighted by Crippen LogP contribution is -2.52. The first kappa shape index (κ1) is 27.7. The summed E-state index contributed by atoms with van der Waals surface area (Å²) >= 11 is 0. The number of hydrogen-bond acceptors (Lipinski definition) is 10. The molecule has 0 unspecified atom stereocenters. The molecule has 1 aromatic carbocycles. The molecule has 0 bridgehead atoms. The van der Waals surface area contributed by atoms with Crippen LogP contribution in [-0.4, -0.2) is 96.7 Å². The zero-order valence-electron chi connectivity index (χ0n) is 24.6. The molecule has 4 fully saturated rings. The second-order valence-corrected chi connectivity index (χ2v) is 15.7. The summed E-state index contributed by atoms with van der Waals surface area (Å²) in [7, 11) is -3.00. The highest BCUT2D eigenvalue weighted by Gasteiger charge is 2.40. The van der Waals surface area contributed by atoms with Gasteiger partial charge in [-0.2, -0.15) is 0 Å². The Morgan fingerprint density at radius 3 is 2.50 bits per heavy atom. The van der Waals surface area contributed by atoms with Gasteiger partial charge in [0.15, 0.2) is 9.84 Å². The van der Waals surface area contributed by atoms with Crippen molar-refractivity contribution in [2.24, 2.45) is 0 Å². The van der Waals surface area contributed by atoms with E-state index in [1.165, 1.54) is 24.0 Å². The maximum Gasteiger partial charge on any atom is 0.410 e. The van der Waals surface area contributed by atoms with E-state index in [0.29, 0.717) is 37.6 Å². The number of fused-ring (bicyclic) bond motifs is 2. The molecule has 1 aromatic heterocycles. The lowest BCUT2D eigenvalue weighted by atomic mass is 9.87. The maximum atomic E-state index is 12.5. The van der Waals surface area contributed by atoms with Crippen molar-refractivity contribution < 1.29 is 22.7 Å². The Balaban J connectivity index is 1.07. The van der Waals surface area contributed by atoms with Gasteiger partial charge >= 0.3 is 6.09 Å². The summed E-state index contributed by atoms with van der Waals surface area (Å²) < 4.78 is 36.1. The number of likely N-dealkylation sites (tertiary alicyclic amines) is 2. The van der Waals surface area contributed by atoms with Gasteiger partial charge in [0.25, 0.3) is 0 Å². The molecule has 12 heteroatoms. The van der Waals surface area contributed by atoms with E-state index in [-0.39, 0.29) is 17.6 Å². The second kappa shape index (κ2) is 10.3. The van der Waals surface area contributed by atoms with Gasteiger partial charge in [-0.1, -0.05) is 6.07 Å². The summed E-state index contributed by atoms with van der Waals surface area (Å²) in [6.45, 7) is 10.3. The average molecular weight is 597 g/mol. The Labute approximate surface area is 247 Å². The van der Waals surface area contributed by atoms with Gasteiger partial charge in [-0.15, -0.1) is 0 Å². The number of anilines is 3. The second-order valence-electron chi connectivity index (χ2n) is 13.4. The number of benzene rings is 1. The lowest BCUT2D eigenvalue weighted by Gasteiger charge is -2.43. The van der Waals surface area contributed by atoms with E-state index < -0.39 is 15.4 Å². The van der Waals surface area contributed by atoms with E-state index in [2.05, 4.69) is 32.3 Å². The van der Waals surface area contributed by atoms with E-state index in [1.54, 1.807) is 6.33 Å². The number of ether oxygens (including phenoxy) is 2. The van der Waals surface area contributed by atoms with Crippen LogP contribution in [0.2, 0.25) is 0 Å². The molecule has 226 valence electrons. The number of nitrogens with one attached hydrogen (secondary N) is 1.